The molecule has 2 rings (SSSR count). The first-order valence-electron chi connectivity index (χ1n) is 7.72. The van der Waals surface area contributed by atoms with Crippen LogP contribution in [0.3, 0.4) is 0 Å². The first-order valence-corrected chi connectivity index (χ1v) is 7.72. The van der Waals surface area contributed by atoms with Crippen molar-refractivity contribution in [2.45, 2.75) is 45.4 Å². The number of anilines is 1. The summed E-state index contributed by atoms with van der Waals surface area (Å²) in [5.74, 6) is 0. The third-order valence-electron chi connectivity index (χ3n) is 3.41. The van der Waals surface area contributed by atoms with Crippen LogP contribution in [0.25, 0.3) is 0 Å². The van der Waals surface area contributed by atoms with E-state index in [1.807, 2.05) is 24.3 Å². The van der Waals surface area contributed by atoms with Gasteiger partial charge in [-0.1, -0.05) is 18.2 Å². The third kappa shape index (κ3) is 4.82. The molecule has 4 N–H and O–H groups in total. The Bertz CT molecular complexity index is 544. The fraction of sp³-hybridized carbons (Fsp3) is 0.562. The van der Waals surface area contributed by atoms with Crippen LogP contribution in [0.15, 0.2) is 24.3 Å². The number of para-hydroxylation sites is 1. The van der Waals surface area contributed by atoms with Gasteiger partial charge in [-0.15, -0.1) is 0 Å². The molecule has 7 heteroatoms. The second-order valence-corrected chi connectivity index (χ2v) is 6.50. The van der Waals surface area contributed by atoms with Crippen molar-refractivity contribution >= 4 is 11.8 Å². The van der Waals surface area contributed by atoms with Gasteiger partial charge in [0.05, 0.1) is 0 Å². The summed E-state index contributed by atoms with van der Waals surface area (Å²) in [5.41, 5.74) is 0.908. The lowest BCUT2D eigenvalue weighted by Crippen LogP contribution is -2.47. The van der Waals surface area contributed by atoms with Crippen LogP contribution in [0.5, 0.6) is 0 Å². The van der Waals surface area contributed by atoms with E-state index in [1.165, 1.54) is 4.90 Å². The molecule has 0 saturated heterocycles. The molecule has 1 aliphatic rings. The van der Waals surface area contributed by atoms with Crippen LogP contribution in [0, 0.1) is 0 Å². The van der Waals surface area contributed by atoms with Crippen LogP contribution in [0.2, 0.25) is 0 Å². The zero-order chi connectivity index (χ0) is 17.0. The number of carbonyl (C=O) groups excluding carboxylic acids is 1. The van der Waals surface area contributed by atoms with Crippen molar-refractivity contribution in [3.63, 3.8) is 0 Å². The van der Waals surface area contributed by atoms with Crippen LogP contribution in [-0.4, -0.2) is 46.2 Å². The second-order valence-electron chi connectivity index (χ2n) is 6.50. The molecule has 1 amide bonds. The number of amides is 1. The Morgan fingerprint density at radius 1 is 1.35 bits per heavy atom. The average Bonchev–Trinajstić information content (AvgIpc) is 2.44. The maximum atomic E-state index is 11.5. The molecular weight excluding hydrogens is 298 g/mol. The molecule has 1 aromatic rings. The summed E-state index contributed by atoms with van der Waals surface area (Å²) in [7, 11) is 0. The molecule has 23 heavy (non-hydrogen) atoms. The Labute approximate surface area is 136 Å². The molecule has 2 unspecified atom stereocenters. The predicted molar refractivity (Wildman–Crippen MR) is 86.6 cm³/mol. The normalized spacial score (nSPS) is 21.3. The lowest BCUT2D eigenvalue weighted by Gasteiger charge is -2.38. The molecule has 0 spiro atoms. The Morgan fingerprint density at radius 3 is 2.74 bits per heavy atom. The minimum Gasteiger partial charge on any atom is -0.444 e. The summed E-state index contributed by atoms with van der Waals surface area (Å²) in [6.45, 7) is 6.22. The molecule has 0 aliphatic carbocycles. The molecule has 0 radical (unpaired) electrons. The Kier molecular flexibility index (Phi) is 5.46. The minimum atomic E-state index is -0.971. The minimum absolute atomic E-state index is 0.395. The number of benzene rings is 1. The number of hydrogen-bond donors (Lipinski definition) is 4. The van der Waals surface area contributed by atoms with Crippen LogP contribution in [-0.2, 0) is 4.74 Å². The fourth-order valence-corrected chi connectivity index (χ4v) is 2.40. The quantitative estimate of drug-likeness (QED) is 0.629. The molecule has 0 fully saturated rings. The standard InChI is InChI=1S/C16H25N3O4/c1-16(2,3)23-15(22)17-9-6-10-19-13(20)11-7-4-5-8-12(11)18-14(19)21/h4-5,7-8,13-14,18,20-21H,6,9-10H2,1-3H3,(H,17,22). The number of aliphatic hydroxyl groups excluding tert-OH is 2. The van der Waals surface area contributed by atoms with Crippen LogP contribution in [0.4, 0.5) is 10.5 Å². The highest BCUT2D eigenvalue weighted by Gasteiger charge is 2.30. The van der Waals surface area contributed by atoms with Gasteiger partial charge in [0, 0.05) is 24.3 Å². The van der Waals surface area contributed by atoms with Crippen molar-refractivity contribution < 1.29 is 19.7 Å². The Balaban J connectivity index is 1.81. The van der Waals surface area contributed by atoms with E-state index in [1.54, 1.807) is 20.8 Å². The molecule has 0 saturated carbocycles. The van der Waals surface area contributed by atoms with Crippen molar-refractivity contribution in [3.8, 4) is 0 Å². The number of ether oxygens (including phenoxy) is 1. The van der Waals surface area contributed by atoms with Gasteiger partial charge in [-0.05, 0) is 33.3 Å². The van der Waals surface area contributed by atoms with Gasteiger partial charge in [-0.25, -0.2) is 9.69 Å². The maximum Gasteiger partial charge on any atom is 0.407 e. The summed E-state index contributed by atoms with van der Waals surface area (Å²) in [6, 6.07) is 7.30. The van der Waals surface area contributed by atoms with Gasteiger partial charge >= 0.3 is 6.09 Å². The van der Waals surface area contributed by atoms with E-state index in [2.05, 4.69) is 10.6 Å². The Hall–Kier alpha value is -1.83. The fourth-order valence-electron chi connectivity index (χ4n) is 2.40. The van der Waals surface area contributed by atoms with Crippen LogP contribution < -0.4 is 10.6 Å². The number of rotatable bonds is 4. The number of fused-ring (bicyclic) bond motifs is 1. The van der Waals surface area contributed by atoms with Gasteiger partial charge in [-0.2, -0.15) is 0 Å². The molecule has 2 atom stereocenters. The molecule has 1 aliphatic heterocycles. The summed E-state index contributed by atoms with van der Waals surface area (Å²) >= 11 is 0. The monoisotopic (exact) mass is 323 g/mol. The smallest absolute Gasteiger partial charge is 0.407 e. The highest BCUT2D eigenvalue weighted by atomic mass is 16.6. The number of aliphatic hydroxyl groups is 2. The van der Waals surface area contributed by atoms with E-state index in [4.69, 9.17) is 4.74 Å². The van der Waals surface area contributed by atoms with Gasteiger partial charge in [-0.3, -0.25) is 0 Å². The highest BCUT2D eigenvalue weighted by molar-refractivity contribution is 5.67. The molecule has 0 aromatic heterocycles. The number of hydrogen-bond acceptors (Lipinski definition) is 6. The van der Waals surface area contributed by atoms with E-state index in [9.17, 15) is 15.0 Å². The van der Waals surface area contributed by atoms with Gasteiger partial charge in [0.1, 0.15) is 11.8 Å². The van der Waals surface area contributed by atoms with Gasteiger partial charge in [0.2, 0.25) is 0 Å². The molecule has 0 bridgehead atoms. The molecule has 7 nitrogen and oxygen atoms in total. The molecule has 1 aromatic carbocycles. The van der Waals surface area contributed by atoms with E-state index in [0.717, 1.165) is 11.3 Å². The van der Waals surface area contributed by atoms with E-state index in [-0.39, 0.29) is 0 Å². The number of nitrogens with one attached hydrogen (secondary N) is 2. The maximum absolute atomic E-state index is 11.5. The average molecular weight is 323 g/mol. The van der Waals surface area contributed by atoms with Crippen molar-refractivity contribution in [2.75, 3.05) is 18.4 Å². The Morgan fingerprint density at radius 2 is 2.04 bits per heavy atom. The number of carbonyl (C=O) groups is 1. The van der Waals surface area contributed by atoms with Crippen molar-refractivity contribution in [1.29, 1.82) is 0 Å². The first kappa shape index (κ1) is 17.5. The first-order chi connectivity index (χ1) is 10.8. The zero-order valence-electron chi connectivity index (χ0n) is 13.7. The zero-order valence-corrected chi connectivity index (χ0v) is 13.7. The van der Waals surface area contributed by atoms with Gasteiger partial charge < -0.3 is 25.6 Å². The van der Waals surface area contributed by atoms with Crippen LogP contribution in [0.1, 0.15) is 39.0 Å². The van der Waals surface area contributed by atoms with Gasteiger partial charge in [0.25, 0.3) is 0 Å². The second kappa shape index (κ2) is 7.16. The van der Waals surface area contributed by atoms with E-state index >= 15 is 0 Å². The summed E-state index contributed by atoms with van der Waals surface area (Å²) in [6.07, 6.45) is -1.76. The van der Waals surface area contributed by atoms with E-state index in [0.29, 0.717) is 19.5 Å². The van der Waals surface area contributed by atoms with Gasteiger partial charge in [0.15, 0.2) is 6.35 Å². The summed E-state index contributed by atoms with van der Waals surface area (Å²) in [4.78, 5) is 13.1. The van der Waals surface area contributed by atoms with Crippen molar-refractivity contribution in [3.05, 3.63) is 29.8 Å². The van der Waals surface area contributed by atoms with Crippen molar-refractivity contribution in [1.82, 2.24) is 10.2 Å². The number of alkyl carbamates (subject to hydrolysis) is 1. The third-order valence-corrected chi connectivity index (χ3v) is 3.41. The topological polar surface area (TPSA) is 94.1 Å². The van der Waals surface area contributed by atoms with Crippen LogP contribution >= 0.6 is 0 Å². The van der Waals surface area contributed by atoms with E-state index < -0.39 is 24.3 Å². The SMILES string of the molecule is CC(C)(C)OC(=O)NCCCN1C(O)Nc2ccccc2C1O. The molecule has 1 heterocycles. The number of nitrogens with zero attached hydrogens (tertiary/aromatic N) is 1. The molecular formula is C16H25N3O4. The summed E-state index contributed by atoms with van der Waals surface area (Å²) in [5, 5.41) is 26.0. The summed E-state index contributed by atoms with van der Waals surface area (Å²) < 4.78 is 5.14. The lowest BCUT2D eigenvalue weighted by molar-refractivity contribution is -0.0978. The largest absolute Gasteiger partial charge is 0.444 e. The van der Waals surface area contributed by atoms with Crippen molar-refractivity contribution in [2.24, 2.45) is 0 Å². The highest BCUT2D eigenvalue weighted by Crippen LogP contribution is 2.31. The molecule has 128 valence electrons. The predicted octanol–water partition coefficient (Wildman–Crippen LogP) is 1.60. The lowest BCUT2D eigenvalue weighted by atomic mass is 10.1.